The van der Waals surface area contributed by atoms with Crippen LogP contribution in [-0.4, -0.2) is 41.2 Å². The van der Waals surface area contributed by atoms with Crippen LogP contribution in [0.5, 0.6) is 0 Å². The first kappa shape index (κ1) is 19.8. The Hall–Kier alpha value is -2.46. The van der Waals surface area contributed by atoms with Crippen LogP contribution in [0.15, 0.2) is 41.5 Å². The van der Waals surface area contributed by atoms with Crippen molar-refractivity contribution in [3.05, 3.63) is 69.8 Å². The summed E-state index contributed by atoms with van der Waals surface area (Å²) in [6.07, 6.45) is 3.13. The summed E-state index contributed by atoms with van der Waals surface area (Å²) in [6.45, 7) is 11.0. The summed E-state index contributed by atoms with van der Waals surface area (Å²) in [5.41, 5.74) is 8.32. The predicted octanol–water partition coefficient (Wildman–Crippen LogP) is 4.69. The summed E-state index contributed by atoms with van der Waals surface area (Å²) in [5.74, 6) is 0.108. The van der Waals surface area contributed by atoms with Crippen molar-refractivity contribution in [1.29, 1.82) is 0 Å². The fourth-order valence-corrected chi connectivity index (χ4v) is 4.40. The van der Waals surface area contributed by atoms with Crippen molar-refractivity contribution in [2.75, 3.05) is 19.6 Å². The minimum atomic E-state index is -0.0263. The Morgan fingerprint density at radius 2 is 1.69 bits per heavy atom. The van der Waals surface area contributed by atoms with Crippen molar-refractivity contribution in [1.82, 2.24) is 9.91 Å². The van der Waals surface area contributed by atoms with E-state index >= 15 is 0 Å². The smallest absolute Gasteiger partial charge is 0.257 e. The number of rotatable bonds is 4. The van der Waals surface area contributed by atoms with E-state index in [4.69, 9.17) is 5.10 Å². The zero-order valence-corrected chi connectivity index (χ0v) is 18.0. The average molecular weight is 390 g/mol. The molecule has 2 heterocycles. The van der Waals surface area contributed by atoms with Crippen LogP contribution in [0.2, 0.25) is 0 Å². The van der Waals surface area contributed by atoms with Gasteiger partial charge < -0.3 is 0 Å². The van der Waals surface area contributed by atoms with E-state index in [1.54, 1.807) is 5.01 Å². The molecule has 29 heavy (non-hydrogen) atoms. The minimum absolute atomic E-state index is 0.0263. The molecule has 0 spiro atoms. The highest BCUT2D eigenvalue weighted by Gasteiger charge is 2.34. The molecule has 0 aliphatic carbocycles. The van der Waals surface area contributed by atoms with E-state index in [0.29, 0.717) is 6.54 Å². The molecule has 4 heteroatoms. The number of aryl methyl sites for hydroxylation is 4. The normalized spacial score (nSPS) is 19.7. The zero-order valence-electron chi connectivity index (χ0n) is 18.0. The van der Waals surface area contributed by atoms with Gasteiger partial charge in [0.2, 0.25) is 0 Å². The third kappa shape index (κ3) is 4.13. The van der Waals surface area contributed by atoms with Gasteiger partial charge in [-0.3, -0.25) is 9.69 Å². The van der Waals surface area contributed by atoms with Gasteiger partial charge in [0, 0.05) is 6.42 Å². The lowest BCUT2D eigenvalue weighted by atomic mass is 9.93. The van der Waals surface area contributed by atoms with Crippen molar-refractivity contribution in [2.24, 2.45) is 5.10 Å². The number of hydrogen-bond acceptors (Lipinski definition) is 3. The summed E-state index contributed by atoms with van der Waals surface area (Å²) in [6, 6.07) is 13.0. The second kappa shape index (κ2) is 8.11. The van der Waals surface area contributed by atoms with Gasteiger partial charge in [-0.05, 0) is 87.5 Å². The molecule has 4 rings (SSSR count). The van der Waals surface area contributed by atoms with Gasteiger partial charge >= 0.3 is 0 Å². The van der Waals surface area contributed by atoms with E-state index < -0.39 is 0 Å². The summed E-state index contributed by atoms with van der Waals surface area (Å²) < 4.78 is 0. The van der Waals surface area contributed by atoms with Crippen molar-refractivity contribution >= 4 is 11.6 Å². The fraction of sp³-hybridized carbons (Fsp3) is 0.440. The van der Waals surface area contributed by atoms with Crippen LogP contribution in [0.25, 0.3) is 0 Å². The summed E-state index contributed by atoms with van der Waals surface area (Å²) in [4.78, 5) is 15.5. The van der Waals surface area contributed by atoms with Gasteiger partial charge in [0.05, 0.1) is 18.3 Å². The van der Waals surface area contributed by atoms with Gasteiger partial charge in [0.15, 0.2) is 0 Å². The average Bonchev–Trinajstić information content (AvgIpc) is 3.36. The summed E-state index contributed by atoms with van der Waals surface area (Å²) >= 11 is 0. The molecule has 1 fully saturated rings. The number of carbonyl (C=O) groups excluding carboxylic acids is 1. The largest absolute Gasteiger partial charge is 0.294 e. The maximum atomic E-state index is 13.3. The number of nitrogens with zero attached hydrogens (tertiary/aromatic N) is 3. The molecule has 2 aromatic carbocycles. The first-order chi connectivity index (χ1) is 13.9. The van der Waals surface area contributed by atoms with Crippen LogP contribution in [0.4, 0.5) is 0 Å². The highest BCUT2D eigenvalue weighted by atomic mass is 16.2. The Bertz CT molecular complexity index is 957. The number of hydrogen-bond donors (Lipinski definition) is 0. The first-order valence-electron chi connectivity index (χ1n) is 10.7. The quantitative estimate of drug-likeness (QED) is 0.760. The van der Waals surface area contributed by atoms with Crippen LogP contribution in [0.3, 0.4) is 0 Å². The Balaban J connectivity index is 1.68. The third-order valence-electron chi connectivity index (χ3n) is 6.36. The molecule has 0 bridgehead atoms. The van der Waals surface area contributed by atoms with Crippen LogP contribution in [-0.2, 0) is 4.79 Å². The summed E-state index contributed by atoms with van der Waals surface area (Å²) in [7, 11) is 0. The van der Waals surface area contributed by atoms with E-state index in [1.807, 2.05) is 0 Å². The van der Waals surface area contributed by atoms with Crippen molar-refractivity contribution in [3.8, 4) is 0 Å². The molecule has 0 aromatic heterocycles. The minimum Gasteiger partial charge on any atom is -0.294 e. The molecule has 4 nitrogen and oxygen atoms in total. The molecule has 1 saturated heterocycles. The van der Waals surface area contributed by atoms with E-state index in [-0.39, 0.29) is 11.9 Å². The Labute approximate surface area is 174 Å². The number of amides is 1. The van der Waals surface area contributed by atoms with Crippen LogP contribution >= 0.6 is 0 Å². The van der Waals surface area contributed by atoms with E-state index in [1.165, 1.54) is 40.7 Å². The lowest BCUT2D eigenvalue weighted by molar-refractivity contribution is -0.134. The van der Waals surface area contributed by atoms with Gasteiger partial charge in [-0.15, -0.1) is 0 Å². The zero-order chi connectivity index (χ0) is 20.5. The van der Waals surface area contributed by atoms with E-state index in [2.05, 4.69) is 69.0 Å². The molecular formula is C25H31N3O. The Morgan fingerprint density at radius 1 is 0.966 bits per heavy atom. The molecule has 0 N–H and O–H groups in total. The van der Waals surface area contributed by atoms with E-state index in [9.17, 15) is 4.79 Å². The third-order valence-corrected chi connectivity index (χ3v) is 6.36. The summed E-state index contributed by atoms with van der Waals surface area (Å²) in [5, 5.41) is 6.64. The van der Waals surface area contributed by atoms with E-state index in [0.717, 1.165) is 30.8 Å². The lowest BCUT2D eigenvalue weighted by Crippen LogP contribution is -2.37. The Morgan fingerprint density at radius 3 is 2.41 bits per heavy atom. The molecule has 2 aliphatic rings. The van der Waals surface area contributed by atoms with Gasteiger partial charge in [-0.25, -0.2) is 5.01 Å². The molecule has 2 aliphatic heterocycles. The molecule has 2 aromatic rings. The first-order valence-corrected chi connectivity index (χ1v) is 10.7. The van der Waals surface area contributed by atoms with Crippen molar-refractivity contribution in [2.45, 2.75) is 53.0 Å². The Kier molecular flexibility index (Phi) is 5.55. The molecule has 0 saturated carbocycles. The van der Waals surface area contributed by atoms with Gasteiger partial charge in [0.25, 0.3) is 5.91 Å². The molecule has 152 valence electrons. The van der Waals surface area contributed by atoms with Crippen LogP contribution < -0.4 is 0 Å². The van der Waals surface area contributed by atoms with Crippen molar-refractivity contribution < 1.29 is 4.79 Å². The van der Waals surface area contributed by atoms with Crippen LogP contribution in [0.1, 0.15) is 58.7 Å². The predicted molar refractivity (Wildman–Crippen MR) is 118 cm³/mol. The van der Waals surface area contributed by atoms with Crippen LogP contribution in [0, 0.1) is 27.7 Å². The molecule has 1 amide bonds. The molecule has 1 unspecified atom stereocenters. The fourth-order valence-electron chi connectivity index (χ4n) is 4.40. The maximum Gasteiger partial charge on any atom is 0.257 e. The second-order valence-electron chi connectivity index (χ2n) is 8.65. The SMILES string of the molecule is Cc1ccc(C)c(C2CC(c3ccc(C)c(C)c3)=NN2C(=O)CN2CCCC2)c1. The molecular weight excluding hydrogens is 358 g/mol. The molecule has 0 radical (unpaired) electrons. The number of benzene rings is 2. The maximum absolute atomic E-state index is 13.3. The highest BCUT2D eigenvalue weighted by molar-refractivity contribution is 6.03. The monoisotopic (exact) mass is 389 g/mol. The van der Waals surface area contributed by atoms with Gasteiger partial charge in [0.1, 0.15) is 0 Å². The number of carbonyl (C=O) groups is 1. The van der Waals surface area contributed by atoms with Gasteiger partial charge in [-0.2, -0.15) is 5.10 Å². The second-order valence-corrected chi connectivity index (χ2v) is 8.65. The topological polar surface area (TPSA) is 35.9 Å². The number of likely N-dealkylation sites (tertiary alicyclic amines) is 1. The molecule has 1 atom stereocenters. The standard InChI is InChI=1S/C25H31N3O/c1-17-7-8-19(3)22(13-17)24-15-23(21-10-9-18(2)20(4)14-21)26-28(24)25(29)16-27-11-5-6-12-27/h7-10,13-14,24H,5-6,11-12,15-16H2,1-4H3. The highest BCUT2D eigenvalue weighted by Crippen LogP contribution is 2.35. The van der Waals surface area contributed by atoms with Gasteiger partial charge in [-0.1, -0.05) is 35.9 Å². The lowest BCUT2D eigenvalue weighted by Gasteiger charge is -2.25. The van der Waals surface area contributed by atoms with Crippen molar-refractivity contribution in [3.63, 3.8) is 0 Å². The number of hydrazone groups is 1.